The highest BCUT2D eigenvalue weighted by atomic mass is 127. The number of rotatable bonds is 6. The highest BCUT2D eigenvalue weighted by Crippen LogP contribution is 2.34. The van der Waals surface area contributed by atoms with Gasteiger partial charge < -0.3 is 14.8 Å². The van der Waals surface area contributed by atoms with Gasteiger partial charge in [0, 0.05) is 17.6 Å². The molecule has 0 radical (unpaired) electrons. The van der Waals surface area contributed by atoms with Gasteiger partial charge in [-0.1, -0.05) is 11.6 Å². The van der Waals surface area contributed by atoms with Crippen LogP contribution in [-0.2, 0) is 14.3 Å². The third-order valence-electron chi connectivity index (χ3n) is 3.69. The molecule has 132 valence electrons. The van der Waals surface area contributed by atoms with E-state index in [0.29, 0.717) is 16.3 Å². The van der Waals surface area contributed by atoms with Crippen molar-refractivity contribution < 1.29 is 19.1 Å². The quantitative estimate of drug-likeness (QED) is 0.514. The van der Waals surface area contributed by atoms with E-state index in [1.165, 1.54) is 0 Å². The Labute approximate surface area is 163 Å². The third-order valence-corrected chi connectivity index (χ3v) is 4.80. The van der Waals surface area contributed by atoms with Crippen LogP contribution in [0.4, 0.5) is 0 Å². The minimum Gasteiger partial charge on any atom is -0.478 e. The van der Waals surface area contributed by atoms with Crippen LogP contribution in [0.1, 0.15) is 19.8 Å². The van der Waals surface area contributed by atoms with Crippen molar-refractivity contribution in [2.75, 3.05) is 6.61 Å². The minimum absolute atomic E-state index is 0.220. The van der Waals surface area contributed by atoms with E-state index in [-0.39, 0.29) is 18.6 Å². The first-order valence-corrected chi connectivity index (χ1v) is 9.26. The van der Waals surface area contributed by atoms with E-state index in [2.05, 4.69) is 32.9 Å². The Bertz CT molecular complexity index is 826. The molecule has 25 heavy (non-hydrogen) atoms. The van der Waals surface area contributed by atoms with Crippen LogP contribution in [0.15, 0.2) is 24.4 Å². The number of aromatic nitrogens is 1. The molecule has 2 aromatic rings. The first kappa shape index (κ1) is 18.2. The lowest BCUT2D eigenvalue weighted by molar-refractivity contribution is -0.156. The summed E-state index contributed by atoms with van der Waals surface area (Å²) in [5, 5.41) is 4.09. The fourth-order valence-electron chi connectivity index (χ4n) is 2.25. The SMILES string of the molecule is CC(OC(=O)COc1c(I)cc(Cl)c2cccnc12)C(=O)NC1CC1. The largest absolute Gasteiger partial charge is 0.478 e. The van der Waals surface area contributed by atoms with Crippen LogP contribution in [0.25, 0.3) is 10.9 Å². The molecule has 1 saturated carbocycles. The average molecular weight is 475 g/mol. The molecule has 0 saturated heterocycles. The molecule has 8 heteroatoms. The number of amides is 1. The second-order valence-electron chi connectivity index (χ2n) is 5.77. The number of nitrogens with one attached hydrogen (secondary N) is 1. The maximum absolute atomic E-state index is 12.0. The fraction of sp³-hybridized carbons (Fsp3) is 0.353. The molecular formula is C17H16ClIN2O4. The lowest BCUT2D eigenvalue weighted by atomic mass is 10.2. The van der Waals surface area contributed by atoms with Gasteiger partial charge in [-0.3, -0.25) is 9.78 Å². The van der Waals surface area contributed by atoms with Crippen molar-refractivity contribution in [1.29, 1.82) is 0 Å². The first-order chi connectivity index (χ1) is 12.0. The average Bonchev–Trinajstić information content (AvgIpc) is 3.38. The summed E-state index contributed by atoms with van der Waals surface area (Å²) < 4.78 is 11.5. The number of fused-ring (bicyclic) bond motifs is 1. The van der Waals surface area contributed by atoms with Gasteiger partial charge in [0.2, 0.25) is 0 Å². The van der Waals surface area contributed by atoms with Crippen molar-refractivity contribution in [3.8, 4) is 5.75 Å². The van der Waals surface area contributed by atoms with Crippen LogP contribution < -0.4 is 10.1 Å². The van der Waals surface area contributed by atoms with E-state index < -0.39 is 12.1 Å². The molecule has 0 spiro atoms. The Morgan fingerprint density at radius 2 is 2.24 bits per heavy atom. The molecule has 1 aromatic heterocycles. The van der Waals surface area contributed by atoms with Gasteiger partial charge in [0.25, 0.3) is 5.91 Å². The Kier molecular flexibility index (Phi) is 5.63. The maximum Gasteiger partial charge on any atom is 0.344 e. The second kappa shape index (κ2) is 7.74. The van der Waals surface area contributed by atoms with Crippen LogP contribution in [0.5, 0.6) is 5.75 Å². The van der Waals surface area contributed by atoms with E-state index in [9.17, 15) is 9.59 Å². The van der Waals surface area contributed by atoms with Crippen molar-refractivity contribution in [3.05, 3.63) is 33.0 Å². The summed E-state index contributed by atoms with van der Waals surface area (Å²) in [5.41, 5.74) is 0.576. The molecule has 1 aliphatic rings. The maximum atomic E-state index is 12.0. The summed E-state index contributed by atoms with van der Waals surface area (Å²) in [5.74, 6) is -0.440. The predicted molar refractivity (Wildman–Crippen MR) is 102 cm³/mol. The van der Waals surface area contributed by atoms with Crippen LogP contribution in [0.2, 0.25) is 5.02 Å². The Morgan fingerprint density at radius 1 is 1.48 bits per heavy atom. The highest BCUT2D eigenvalue weighted by Gasteiger charge is 2.27. The molecule has 1 heterocycles. The lowest BCUT2D eigenvalue weighted by Gasteiger charge is -2.15. The number of hydrogen-bond acceptors (Lipinski definition) is 5. The standard InChI is InChI=1S/C17H16ClIN2O4/c1-9(17(23)21-10-4-5-10)25-14(22)8-24-16-13(19)7-12(18)11-3-2-6-20-15(11)16/h2-3,6-7,9-10H,4-5,8H2,1H3,(H,21,23). The van der Waals surface area contributed by atoms with Gasteiger partial charge in [0.15, 0.2) is 18.5 Å². The molecule has 1 N–H and O–H groups in total. The Hall–Kier alpha value is -1.61. The zero-order chi connectivity index (χ0) is 18.0. The summed E-state index contributed by atoms with van der Waals surface area (Å²) in [6.07, 6.45) is 2.73. The van der Waals surface area contributed by atoms with Crippen molar-refractivity contribution in [1.82, 2.24) is 10.3 Å². The molecule has 1 aromatic carbocycles. The van der Waals surface area contributed by atoms with Gasteiger partial charge in [0.05, 0.1) is 8.59 Å². The number of ether oxygens (including phenoxy) is 2. The second-order valence-corrected chi connectivity index (χ2v) is 7.34. The van der Waals surface area contributed by atoms with Crippen molar-refractivity contribution in [3.63, 3.8) is 0 Å². The molecule has 0 aliphatic heterocycles. The van der Waals surface area contributed by atoms with E-state index in [0.717, 1.165) is 21.8 Å². The number of halogens is 2. The van der Waals surface area contributed by atoms with Gasteiger partial charge in [-0.15, -0.1) is 0 Å². The topological polar surface area (TPSA) is 77.5 Å². The van der Waals surface area contributed by atoms with E-state index >= 15 is 0 Å². The number of pyridine rings is 1. The monoisotopic (exact) mass is 474 g/mol. The van der Waals surface area contributed by atoms with Crippen LogP contribution in [0, 0.1) is 3.57 Å². The van der Waals surface area contributed by atoms with E-state index in [4.69, 9.17) is 21.1 Å². The van der Waals surface area contributed by atoms with Gasteiger partial charge in [-0.05, 0) is 60.6 Å². The molecule has 1 aliphatic carbocycles. The summed E-state index contributed by atoms with van der Waals surface area (Å²) in [6.45, 7) is 1.23. The molecule has 3 rings (SSSR count). The minimum atomic E-state index is -0.851. The van der Waals surface area contributed by atoms with Gasteiger partial charge in [0.1, 0.15) is 5.52 Å². The molecule has 1 unspecified atom stereocenters. The zero-order valence-corrected chi connectivity index (χ0v) is 16.3. The summed E-state index contributed by atoms with van der Waals surface area (Å²) in [6, 6.07) is 5.58. The van der Waals surface area contributed by atoms with Crippen LogP contribution >= 0.6 is 34.2 Å². The lowest BCUT2D eigenvalue weighted by Crippen LogP contribution is -2.37. The van der Waals surface area contributed by atoms with E-state index in [1.54, 1.807) is 25.3 Å². The number of carbonyl (C=O) groups excluding carboxylic acids is 2. The first-order valence-electron chi connectivity index (χ1n) is 7.81. The van der Waals surface area contributed by atoms with Crippen molar-refractivity contribution >= 4 is 57.0 Å². The fourth-order valence-corrected chi connectivity index (χ4v) is 3.41. The summed E-state index contributed by atoms with van der Waals surface area (Å²) in [4.78, 5) is 28.1. The highest BCUT2D eigenvalue weighted by molar-refractivity contribution is 14.1. The zero-order valence-electron chi connectivity index (χ0n) is 13.4. The molecule has 6 nitrogen and oxygen atoms in total. The van der Waals surface area contributed by atoms with Gasteiger partial charge in [-0.2, -0.15) is 0 Å². The number of nitrogens with zero attached hydrogens (tertiary/aromatic N) is 1. The van der Waals surface area contributed by atoms with Gasteiger partial charge >= 0.3 is 5.97 Å². The molecule has 1 atom stereocenters. The smallest absolute Gasteiger partial charge is 0.344 e. The van der Waals surface area contributed by atoms with Gasteiger partial charge in [-0.25, -0.2) is 4.79 Å². The van der Waals surface area contributed by atoms with Crippen LogP contribution in [-0.4, -0.2) is 35.6 Å². The predicted octanol–water partition coefficient (Wildman–Crippen LogP) is 3.08. The van der Waals surface area contributed by atoms with E-state index in [1.807, 2.05) is 6.07 Å². The molecule has 1 fully saturated rings. The summed E-state index contributed by atoms with van der Waals surface area (Å²) in [7, 11) is 0. The van der Waals surface area contributed by atoms with Crippen molar-refractivity contribution in [2.45, 2.75) is 31.9 Å². The van der Waals surface area contributed by atoms with Crippen LogP contribution in [0.3, 0.4) is 0 Å². The summed E-state index contributed by atoms with van der Waals surface area (Å²) >= 11 is 8.28. The number of carbonyl (C=O) groups is 2. The Morgan fingerprint density at radius 3 is 2.96 bits per heavy atom. The number of hydrogen-bond donors (Lipinski definition) is 1. The molecule has 1 amide bonds. The number of esters is 1. The number of benzene rings is 1. The molecular weight excluding hydrogens is 459 g/mol. The molecule has 0 bridgehead atoms. The normalized spacial score (nSPS) is 14.8. The Balaban J connectivity index is 1.64. The third kappa shape index (κ3) is 4.52. The van der Waals surface area contributed by atoms with Crippen molar-refractivity contribution in [2.24, 2.45) is 0 Å².